The van der Waals surface area contributed by atoms with Gasteiger partial charge in [0.25, 0.3) is 0 Å². The Bertz CT molecular complexity index is 623. The number of carboxylic acids is 1. The van der Waals surface area contributed by atoms with Gasteiger partial charge in [-0.05, 0) is 52.0 Å². The maximum Gasteiger partial charge on any atom is 0.306 e. The molecule has 2 aromatic carbocycles. The smallest absolute Gasteiger partial charge is 0.306 e. The van der Waals surface area contributed by atoms with Crippen molar-refractivity contribution in [3.8, 4) is 0 Å². The highest BCUT2D eigenvalue weighted by Crippen LogP contribution is 2.71. The van der Waals surface area contributed by atoms with Crippen LogP contribution >= 0.6 is 10.3 Å². The molecule has 1 N–H and O–H groups in total. The lowest BCUT2D eigenvalue weighted by Gasteiger charge is -2.51. The van der Waals surface area contributed by atoms with Crippen LogP contribution in [0.1, 0.15) is 34.1 Å². The molecule has 0 amide bonds. The van der Waals surface area contributed by atoms with Crippen molar-refractivity contribution in [3.63, 3.8) is 0 Å². The molecule has 0 saturated heterocycles. The molecular weight excluding hydrogens is 320 g/mol. The fourth-order valence-corrected chi connectivity index (χ4v) is 6.69. The highest BCUT2D eigenvalue weighted by atomic mass is 32.3. The molecule has 1 unspecified atom stereocenters. The molecule has 3 nitrogen and oxygen atoms in total. The van der Waals surface area contributed by atoms with E-state index in [1.54, 1.807) is 0 Å². The van der Waals surface area contributed by atoms with Crippen LogP contribution in [-0.4, -0.2) is 21.9 Å². The van der Waals surface area contributed by atoms with E-state index in [4.69, 9.17) is 9.29 Å². The van der Waals surface area contributed by atoms with Gasteiger partial charge in [-0.2, -0.15) is 0 Å². The Morgan fingerprint density at radius 3 is 1.75 bits per heavy atom. The van der Waals surface area contributed by atoms with Crippen LogP contribution in [0.15, 0.2) is 70.5 Å². The molecule has 0 bridgehead atoms. The van der Waals surface area contributed by atoms with Crippen LogP contribution in [0.25, 0.3) is 0 Å². The summed E-state index contributed by atoms with van der Waals surface area (Å²) in [5.74, 6) is -0.842. The highest BCUT2D eigenvalue weighted by molar-refractivity contribution is 8.31. The topological polar surface area (TPSA) is 46.5 Å². The van der Waals surface area contributed by atoms with Crippen LogP contribution in [0.5, 0.6) is 0 Å². The van der Waals surface area contributed by atoms with Crippen LogP contribution in [0, 0.1) is 0 Å². The minimum atomic E-state index is -1.88. The van der Waals surface area contributed by atoms with Crippen molar-refractivity contribution in [2.24, 2.45) is 0 Å². The fourth-order valence-electron chi connectivity index (χ4n) is 2.85. The molecular formula is C20H26O3S. The number of rotatable bonds is 6. The number of carbonyl (C=O) groups is 1. The van der Waals surface area contributed by atoms with Gasteiger partial charge in [0, 0.05) is 14.5 Å². The van der Waals surface area contributed by atoms with Crippen molar-refractivity contribution in [2.45, 2.75) is 54.8 Å². The third kappa shape index (κ3) is 3.82. The second-order valence-electron chi connectivity index (χ2n) is 6.80. The average molecular weight is 346 g/mol. The number of aliphatic carboxylic acids is 1. The van der Waals surface area contributed by atoms with E-state index in [9.17, 15) is 4.79 Å². The second-order valence-corrected chi connectivity index (χ2v) is 10.3. The van der Waals surface area contributed by atoms with Gasteiger partial charge < -0.3 is 9.29 Å². The summed E-state index contributed by atoms with van der Waals surface area (Å²) in [4.78, 5) is 13.4. The zero-order valence-corrected chi connectivity index (χ0v) is 15.5. The van der Waals surface area contributed by atoms with Crippen molar-refractivity contribution in [2.75, 3.05) is 0 Å². The van der Waals surface area contributed by atoms with Gasteiger partial charge in [-0.25, -0.2) is 0 Å². The molecule has 0 aliphatic rings. The third-order valence-electron chi connectivity index (χ3n) is 3.78. The second kappa shape index (κ2) is 7.41. The van der Waals surface area contributed by atoms with Gasteiger partial charge in [-0.3, -0.25) is 4.79 Å². The molecule has 130 valence electrons. The minimum Gasteiger partial charge on any atom is -0.481 e. The summed E-state index contributed by atoms with van der Waals surface area (Å²) < 4.78 is 6.40. The van der Waals surface area contributed by atoms with E-state index in [0.717, 1.165) is 9.79 Å². The molecule has 0 fully saturated rings. The summed E-state index contributed by atoms with van der Waals surface area (Å²) >= 11 is 0. The summed E-state index contributed by atoms with van der Waals surface area (Å²) in [5, 5.41) is 9.15. The molecule has 0 aliphatic carbocycles. The Kier molecular flexibility index (Phi) is 5.73. The van der Waals surface area contributed by atoms with Crippen LogP contribution in [-0.2, 0) is 8.98 Å². The first-order valence-electron chi connectivity index (χ1n) is 8.10. The van der Waals surface area contributed by atoms with Crippen molar-refractivity contribution in [3.05, 3.63) is 60.7 Å². The summed E-state index contributed by atoms with van der Waals surface area (Å²) in [5.41, 5.74) is 0. The maximum absolute atomic E-state index is 11.1. The van der Waals surface area contributed by atoms with Gasteiger partial charge in [-0.1, -0.05) is 46.7 Å². The predicted molar refractivity (Wildman–Crippen MR) is 99.6 cm³/mol. The molecule has 2 rings (SSSR count). The first kappa shape index (κ1) is 18.6. The van der Waals surface area contributed by atoms with Crippen LogP contribution in [0.3, 0.4) is 0 Å². The van der Waals surface area contributed by atoms with Crippen molar-refractivity contribution in [1.29, 1.82) is 0 Å². The zero-order valence-electron chi connectivity index (χ0n) is 14.7. The van der Waals surface area contributed by atoms with Crippen molar-refractivity contribution in [1.82, 2.24) is 0 Å². The Balaban J connectivity index is 2.64. The molecule has 0 aromatic heterocycles. The SMILES string of the molecule is CC(CC(=O)O)OS(c1ccccc1)(c1ccccc1)C(C)(C)C. The first-order valence-corrected chi connectivity index (χ1v) is 9.66. The summed E-state index contributed by atoms with van der Waals surface area (Å²) in [7, 11) is -1.88. The lowest BCUT2D eigenvalue weighted by Crippen LogP contribution is -2.31. The molecule has 0 spiro atoms. The van der Waals surface area contributed by atoms with E-state index in [0.29, 0.717) is 0 Å². The van der Waals surface area contributed by atoms with Gasteiger partial charge in [0.1, 0.15) is 0 Å². The van der Waals surface area contributed by atoms with E-state index < -0.39 is 16.3 Å². The van der Waals surface area contributed by atoms with E-state index >= 15 is 0 Å². The highest BCUT2D eigenvalue weighted by Gasteiger charge is 2.42. The van der Waals surface area contributed by atoms with Crippen molar-refractivity contribution >= 4 is 16.3 Å². The summed E-state index contributed by atoms with van der Waals surface area (Å²) in [6, 6.07) is 20.4. The Morgan fingerprint density at radius 2 is 1.42 bits per heavy atom. The third-order valence-corrected chi connectivity index (χ3v) is 8.00. The van der Waals surface area contributed by atoms with E-state index in [2.05, 4.69) is 45.0 Å². The van der Waals surface area contributed by atoms with E-state index in [1.165, 1.54) is 0 Å². The van der Waals surface area contributed by atoms with Gasteiger partial charge in [0.15, 0.2) is 0 Å². The Morgan fingerprint density at radius 1 is 1.00 bits per heavy atom. The quantitative estimate of drug-likeness (QED) is 0.751. The minimum absolute atomic E-state index is 0.00943. The van der Waals surface area contributed by atoms with Crippen molar-refractivity contribution < 1.29 is 14.1 Å². The number of hydrogen-bond donors (Lipinski definition) is 1. The molecule has 0 radical (unpaired) electrons. The largest absolute Gasteiger partial charge is 0.481 e. The van der Waals surface area contributed by atoms with Gasteiger partial charge in [0.2, 0.25) is 0 Å². The molecule has 1 atom stereocenters. The number of carboxylic acid groups (broad SMARTS) is 1. The Hall–Kier alpha value is -1.78. The van der Waals surface area contributed by atoms with Crippen LogP contribution < -0.4 is 0 Å². The van der Waals surface area contributed by atoms with Gasteiger partial charge in [0.05, 0.1) is 12.5 Å². The van der Waals surface area contributed by atoms with Crippen LogP contribution in [0.2, 0.25) is 0 Å². The normalized spacial score (nSPS) is 14.2. The summed E-state index contributed by atoms with van der Waals surface area (Å²) in [6.45, 7) is 8.33. The molecule has 0 aliphatic heterocycles. The lowest BCUT2D eigenvalue weighted by molar-refractivity contribution is -0.138. The predicted octanol–water partition coefficient (Wildman–Crippen LogP) is 5.50. The monoisotopic (exact) mass is 346 g/mol. The van der Waals surface area contributed by atoms with Gasteiger partial charge >= 0.3 is 5.97 Å². The fraction of sp³-hybridized carbons (Fsp3) is 0.350. The molecule has 24 heavy (non-hydrogen) atoms. The molecule has 0 heterocycles. The van der Waals surface area contributed by atoms with E-state index in [-0.39, 0.29) is 17.3 Å². The molecule has 4 heteroatoms. The van der Waals surface area contributed by atoms with E-state index in [1.807, 2.05) is 43.3 Å². The first-order chi connectivity index (χ1) is 11.3. The number of benzene rings is 2. The zero-order chi connectivity index (χ0) is 17.8. The van der Waals surface area contributed by atoms with Crippen LogP contribution in [0.4, 0.5) is 0 Å². The lowest BCUT2D eigenvalue weighted by atomic mass is 10.3. The van der Waals surface area contributed by atoms with Gasteiger partial charge in [-0.15, -0.1) is 0 Å². The maximum atomic E-state index is 11.1. The summed E-state index contributed by atoms with van der Waals surface area (Å²) in [6.07, 6.45) is -0.387. The molecule has 2 aromatic rings. The molecule has 0 saturated carbocycles. The average Bonchev–Trinajstić information content (AvgIpc) is 2.52. The standard InChI is InChI=1S/C20H26O3S/c1-16(15-19(21)22)23-24(20(2,3)4,17-11-7-5-8-12-17)18-13-9-6-10-14-18/h5-14,16H,15H2,1-4H3,(H,21,22). The number of hydrogen-bond acceptors (Lipinski definition) is 2. The Labute approximate surface area is 146 Å².